The van der Waals surface area contributed by atoms with E-state index in [1.54, 1.807) is 0 Å². The van der Waals surface area contributed by atoms with Crippen LogP contribution in [0.15, 0.2) is 0 Å². The SMILES string of the molecule is CC(C)C1SCC(C(=O)O)N1C(=O)NCCN(C)C. The summed E-state index contributed by atoms with van der Waals surface area (Å²) >= 11 is 1.54. The molecule has 2 unspecified atom stereocenters. The van der Waals surface area contributed by atoms with Crippen LogP contribution >= 0.6 is 11.8 Å². The first-order valence-corrected chi connectivity index (χ1v) is 7.44. The summed E-state index contributed by atoms with van der Waals surface area (Å²) in [4.78, 5) is 26.8. The molecule has 0 aromatic carbocycles. The third-order valence-corrected chi connectivity index (χ3v) is 4.58. The van der Waals surface area contributed by atoms with Crippen LogP contribution in [-0.4, -0.2) is 71.3 Å². The highest BCUT2D eigenvalue weighted by Gasteiger charge is 2.42. The van der Waals surface area contributed by atoms with Gasteiger partial charge in [0.1, 0.15) is 6.04 Å². The Morgan fingerprint density at radius 3 is 2.58 bits per heavy atom. The molecule has 1 aliphatic heterocycles. The van der Waals surface area contributed by atoms with Crippen molar-refractivity contribution in [1.82, 2.24) is 15.1 Å². The fraction of sp³-hybridized carbons (Fsp3) is 0.833. The van der Waals surface area contributed by atoms with Crippen molar-refractivity contribution in [2.75, 3.05) is 32.9 Å². The maximum Gasteiger partial charge on any atom is 0.327 e. The van der Waals surface area contributed by atoms with E-state index in [4.69, 9.17) is 0 Å². The molecule has 0 bridgehead atoms. The van der Waals surface area contributed by atoms with Crippen molar-refractivity contribution in [1.29, 1.82) is 0 Å². The molecule has 7 heteroatoms. The van der Waals surface area contributed by atoms with E-state index in [0.29, 0.717) is 12.3 Å². The first-order valence-electron chi connectivity index (χ1n) is 6.40. The number of nitrogens with one attached hydrogen (secondary N) is 1. The lowest BCUT2D eigenvalue weighted by molar-refractivity contribution is -0.141. The fourth-order valence-corrected chi connectivity index (χ4v) is 3.44. The Kier molecular flexibility index (Phi) is 5.93. The molecule has 2 atom stereocenters. The maximum atomic E-state index is 12.2. The van der Waals surface area contributed by atoms with Gasteiger partial charge in [-0.3, -0.25) is 4.90 Å². The second-order valence-corrected chi connectivity index (χ2v) is 6.41. The number of carbonyl (C=O) groups excluding carboxylic acids is 1. The van der Waals surface area contributed by atoms with Crippen molar-refractivity contribution < 1.29 is 14.7 Å². The zero-order valence-corrected chi connectivity index (χ0v) is 12.7. The topological polar surface area (TPSA) is 72.9 Å². The summed E-state index contributed by atoms with van der Waals surface area (Å²) in [6.45, 7) is 5.25. The smallest absolute Gasteiger partial charge is 0.327 e. The number of hydrogen-bond acceptors (Lipinski definition) is 4. The minimum Gasteiger partial charge on any atom is -0.480 e. The summed E-state index contributed by atoms with van der Waals surface area (Å²) in [7, 11) is 3.85. The molecular formula is C12H23N3O3S. The highest BCUT2D eigenvalue weighted by atomic mass is 32.2. The largest absolute Gasteiger partial charge is 0.480 e. The van der Waals surface area contributed by atoms with Gasteiger partial charge >= 0.3 is 12.0 Å². The van der Waals surface area contributed by atoms with E-state index >= 15 is 0 Å². The Hall–Kier alpha value is -0.950. The molecular weight excluding hydrogens is 266 g/mol. The van der Waals surface area contributed by atoms with E-state index in [0.717, 1.165) is 6.54 Å². The van der Waals surface area contributed by atoms with Gasteiger partial charge in [-0.05, 0) is 20.0 Å². The number of rotatable bonds is 5. The highest BCUT2D eigenvalue weighted by Crippen LogP contribution is 2.33. The van der Waals surface area contributed by atoms with Crippen molar-refractivity contribution >= 4 is 23.8 Å². The van der Waals surface area contributed by atoms with Gasteiger partial charge in [-0.25, -0.2) is 9.59 Å². The fourth-order valence-electron chi connectivity index (χ4n) is 1.97. The average Bonchev–Trinajstić information content (AvgIpc) is 2.72. The van der Waals surface area contributed by atoms with Gasteiger partial charge in [0.25, 0.3) is 0 Å². The van der Waals surface area contributed by atoms with E-state index in [-0.39, 0.29) is 17.3 Å². The minimum absolute atomic E-state index is 0.0690. The van der Waals surface area contributed by atoms with Gasteiger partial charge in [-0.1, -0.05) is 13.8 Å². The Balaban J connectivity index is 2.67. The van der Waals surface area contributed by atoms with Crippen molar-refractivity contribution in [3.8, 4) is 0 Å². The number of likely N-dealkylation sites (N-methyl/N-ethyl adjacent to an activating group) is 1. The number of nitrogens with zero attached hydrogens (tertiary/aromatic N) is 2. The molecule has 0 aromatic rings. The molecule has 2 amide bonds. The van der Waals surface area contributed by atoms with Gasteiger partial charge in [0.05, 0.1) is 5.37 Å². The van der Waals surface area contributed by atoms with Gasteiger partial charge in [0.2, 0.25) is 0 Å². The molecule has 19 heavy (non-hydrogen) atoms. The Labute approximate surface area is 118 Å². The van der Waals surface area contributed by atoms with E-state index in [9.17, 15) is 14.7 Å². The van der Waals surface area contributed by atoms with E-state index in [1.165, 1.54) is 16.7 Å². The van der Waals surface area contributed by atoms with Crippen LogP contribution in [0.2, 0.25) is 0 Å². The van der Waals surface area contributed by atoms with Gasteiger partial charge in [-0.2, -0.15) is 0 Å². The molecule has 0 aliphatic carbocycles. The summed E-state index contributed by atoms with van der Waals surface area (Å²) in [6, 6.07) is -1.00. The van der Waals surface area contributed by atoms with E-state index in [2.05, 4.69) is 5.32 Å². The van der Waals surface area contributed by atoms with Crippen molar-refractivity contribution in [2.24, 2.45) is 5.92 Å². The van der Waals surface area contributed by atoms with Crippen LogP contribution in [-0.2, 0) is 4.79 Å². The lowest BCUT2D eigenvalue weighted by atomic mass is 10.2. The number of amides is 2. The zero-order valence-electron chi connectivity index (χ0n) is 11.9. The molecule has 1 saturated heterocycles. The summed E-state index contributed by atoms with van der Waals surface area (Å²) in [6.07, 6.45) is 0. The first-order chi connectivity index (χ1) is 8.84. The van der Waals surface area contributed by atoms with Gasteiger partial charge in [-0.15, -0.1) is 11.8 Å². The molecule has 0 spiro atoms. The standard InChI is InChI=1S/C12H23N3O3S/c1-8(2)10-15(9(7-19-10)11(16)17)12(18)13-5-6-14(3)4/h8-10H,5-7H2,1-4H3,(H,13,18)(H,16,17). The van der Waals surface area contributed by atoms with Crippen LogP contribution in [0.4, 0.5) is 4.79 Å². The average molecular weight is 289 g/mol. The molecule has 6 nitrogen and oxygen atoms in total. The second-order valence-electron chi connectivity index (χ2n) is 5.26. The zero-order chi connectivity index (χ0) is 14.6. The quantitative estimate of drug-likeness (QED) is 0.781. The van der Waals surface area contributed by atoms with Crippen LogP contribution in [0.3, 0.4) is 0 Å². The van der Waals surface area contributed by atoms with E-state index in [1.807, 2.05) is 32.8 Å². The van der Waals surface area contributed by atoms with Crippen molar-refractivity contribution in [2.45, 2.75) is 25.3 Å². The van der Waals surface area contributed by atoms with Crippen LogP contribution in [0.25, 0.3) is 0 Å². The predicted molar refractivity (Wildman–Crippen MR) is 76.3 cm³/mol. The molecule has 0 saturated carbocycles. The number of urea groups is 1. The third kappa shape index (κ3) is 4.28. The molecule has 110 valence electrons. The Bertz CT molecular complexity index is 336. The summed E-state index contributed by atoms with van der Waals surface area (Å²) in [5.74, 6) is -0.244. The lowest BCUT2D eigenvalue weighted by Crippen LogP contribution is -2.52. The summed E-state index contributed by atoms with van der Waals surface area (Å²) < 4.78 is 0. The molecule has 0 radical (unpaired) electrons. The number of carboxylic acids is 1. The number of hydrogen-bond donors (Lipinski definition) is 2. The van der Waals surface area contributed by atoms with Crippen LogP contribution in [0.1, 0.15) is 13.8 Å². The minimum atomic E-state index is -0.932. The van der Waals surface area contributed by atoms with Crippen LogP contribution in [0, 0.1) is 5.92 Å². The molecule has 1 heterocycles. The van der Waals surface area contributed by atoms with Crippen molar-refractivity contribution in [3.05, 3.63) is 0 Å². The van der Waals surface area contributed by atoms with Gasteiger partial charge in [0, 0.05) is 18.8 Å². The maximum absolute atomic E-state index is 12.2. The monoisotopic (exact) mass is 289 g/mol. The van der Waals surface area contributed by atoms with Gasteiger partial charge < -0.3 is 15.3 Å². The molecule has 1 fully saturated rings. The lowest BCUT2D eigenvalue weighted by Gasteiger charge is -2.30. The molecule has 2 N–H and O–H groups in total. The third-order valence-electron chi connectivity index (χ3n) is 2.96. The van der Waals surface area contributed by atoms with E-state index < -0.39 is 12.0 Å². The molecule has 1 rings (SSSR count). The van der Waals surface area contributed by atoms with Crippen LogP contribution in [0.5, 0.6) is 0 Å². The normalized spacial score (nSPS) is 23.2. The van der Waals surface area contributed by atoms with Gasteiger partial charge in [0.15, 0.2) is 0 Å². The Morgan fingerprint density at radius 1 is 1.47 bits per heavy atom. The highest BCUT2D eigenvalue weighted by molar-refractivity contribution is 8.00. The number of thioether (sulfide) groups is 1. The number of carboxylic acid groups (broad SMARTS) is 1. The number of carbonyl (C=O) groups is 2. The number of aliphatic carboxylic acids is 1. The Morgan fingerprint density at radius 2 is 2.11 bits per heavy atom. The molecule has 1 aliphatic rings. The van der Waals surface area contributed by atoms with Crippen molar-refractivity contribution in [3.63, 3.8) is 0 Å². The summed E-state index contributed by atoms with van der Waals surface area (Å²) in [5, 5.41) is 11.9. The second kappa shape index (κ2) is 7.00. The molecule has 0 aromatic heterocycles. The van der Waals surface area contributed by atoms with Crippen LogP contribution < -0.4 is 5.32 Å². The first kappa shape index (κ1) is 16.1. The predicted octanol–water partition coefficient (Wildman–Crippen LogP) is 0.742. The summed E-state index contributed by atoms with van der Waals surface area (Å²) in [5.41, 5.74) is 0.